The lowest BCUT2D eigenvalue weighted by molar-refractivity contribution is -0.152. The van der Waals surface area contributed by atoms with Crippen LogP contribution in [0, 0.1) is 0 Å². The van der Waals surface area contributed by atoms with Crippen LogP contribution in [0.5, 0.6) is 0 Å². The smallest absolute Gasteiger partial charge is 0.325 e. The molecule has 2 saturated heterocycles. The predicted molar refractivity (Wildman–Crippen MR) is 110 cm³/mol. The largest absolute Gasteiger partial charge is 0.456 e. The molecule has 2 aliphatic heterocycles. The number of nitrogens with zero attached hydrogens (tertiary/aromatic N) is 3. The third-order valence-corrected chi connectivity index (χ3v) is 5.32. The zero-order chi connectivity index (χ0) is 21.7. The molecule has 4 amide bonds. The van der Waals surface area contributed by atoms with Gasteiger partial charge in [-0.3, -0.25) is 19.3 Å². The summed E-state index contributed by atoms with van der Waals surface area (Å²) in [6.45, 7) is 5.72. The van der Waals surface area contributed by atoms with E-state index in [4.69, 9.17) is 4.74 Å². The molecule has 30 heavy (non-hydrogen) atoms. The predicted octanol–water partition coefficient (Wildman–Crippen LogP) is 0.989. The van der Waals surface area contributed by atoms with E-state index >= 15 is 0 Å². The fraction of sp³-hybridized carbons (Fsp3) is 0.524. The number of carbonyl (C=O) groups excluding carboxylic acids is 4. The Bertz CT molecular complexity index is 803. The van der Waals surface area contributed by atoms with Crippen LogP contribution in [-0.4, -0.2) is 78.5 Å². The van der Waals surface area contributed by atoms with Crippen molar-refractivity contribution < 1.29 is 23.9 Å². The van der Waals surface area contributed by atoms with E-state index in [9.17, 15) is 19.2 Å². The normalized spacial score (nSPS) is 18.4. The zero-order valence-electron chi connectivity index (χ0n) is 17.4. The molecule has 3 rings (SSSR count). The monoisotopic (exact) mass is 416 g/mol. The van der Waals surface area contributed by atoms with Gasteiger partial charge in [-0.25, -0.2) is 4.79 Å². The molecule has 9 heteroatoms. The van der Waals surface area contributed by atoms with Gasteiger partial charge in [-0.15, -0.1) is 0 Å². The van der Waals surface area contributed by atoms with Gasteiger partial charge < -0.3 is 19.9 Å². The lowest BCUT2D eigenvalue weighted by Gasteiger charge is -2.36. The first-order valence-corrected chi connectivity index (χ1v) is 10.2. The molecule has 2 aliphatic rings. The number of piperazine rings is 1. The van der Waals surface area contributed by atoms with Crippen LogP contribution in [0.15, 0.2) is 30.3 Å². The number of para-hydroxylation sites is 1. The molecule has 0 spiro atoms. The second-order valence-electron chi connectivity index (χ2n) is 7.98. The molecule has 1 aromatic rings. The van der Waals surface area contributed by atoms with Crippen LogP contribution < -0.4 is 10.2 Å². The summed E-state index contributed by atoms with van der Waals surface area (Å²) < 4.78 is 5.08. The highest BCUT2D eigenvalue weighted by Crippen LogP contribution is 2.17. The Morgan fingerprint density at radius 2 is 1.73 bits per heavy atom. The van der Waals surface area contributed by atoms with Gasteiger partial charge in [0.25, 0.3) is 11.8 Å². The second kappa shape index (κ2) is 9.15. The van der Waals surface area contributed by atoms with E-state index < -0.39 is 17.5 Å². The van der Waals surface area contributed by atoms with Crippen molar-refractivity contribution in [3.63, 3.8) is 0 Å². The molecular formula is C21H28N4O5. The number of urea groups is 1. The van der Waals surface area contributed by atoms with Crippen molar-refractivity contribution in [1.29, 1.82) is 0 Å². The quantitative estimate of drug-likeness (QED) is 0.526. The Morgan fingerprint density at radius 3 is 2.33 bits per heavy atom. The molecule has 9 nitrogen and oxygen atoms in total. The molecule has 0 unspecified atom stereocenters. The Hall–Kier alpha value is -3.10. The molecule has 0 radical (unpaired) electrons. The first-order chi connectivity index (χ1) is 14.3. The fourth-order valence-electron chi connectivity index (χ4n) is 3.56. The Morgan fingerprint density at radius 1 is 1.07 bits per heavy atom. The molecular weight excluding hydrogens is 388 g/mol. The van der Waals surface area contributed by atoms with Gasteiger partial charge in [-0.05, 0) is 32.4 Å². The molecule has 0 atom stereocenters. The molecule has 1 N–H and O–H groups in total. The van der Waals surface area contributed by atoms with Gasteiger partial charge in [0.15, 0.2) is 6.61 Å². The highest BCUT2D eigenvalue weighted by atomic mass is 16.5. The number of nitrogens with one attached hydrogen (secondary N) is 1. The van der Waals surface area contributed by atoms with E-state index in [1.165, 1.54) is 0 Å². The SMILES string of the molecule is CC1(C)NC(=O)N(CCCC(=O)OCC(=O)N2CCN(c3ccccc3)CC2)C1=O. The Balaban J connectivity index is 1.34. The summed E-state index contributed by atoms with van der Waals surface area (Å²) in [5.41, 5.74) is 0.207. The highest BCUT2D eigenvalue weighted by molar-refractivity contribution is 6.06. The molecule has 2 heterocycles. The van der Waals surface area contributed by atoms with Crippen LogP contribution in [0.3, 0.4) is 0 Å². The maximum Gasteiger partial charge on any atom is 0.325 e. The Labute approximate surface area is 175 Å². The van der Waals surface area contributed by atoms with Gasteiger partial charge in [0.1, 0.15) is 5.54 Å². The highest BCUT2D eigenvalue weighted by Gasteiger charge is 2.43. The number of esters is 1. The summed E-state index contributed by atoms with van der Waals surface area (Å²) in [6, 6.07) is 9.57. The summed E-state index contributed by atoms with van der Waals surface area (Å²) >= 11 is 0. The van der Waals surface area contributed by atoms with Crippen LogP contribution in [0.25, 0.3) is 0 Å². The van der Waals surface area contributed by atoms with Crippen molar-refractivity contribution in [2.45, 2.75) is 32.2 Å². The topological polar surface area (TPSA) is 99.3 Å². The lowest BCUT2D eigenvalue weighted by atomic mass is 10.1. The minimum atomic E-state index is -0.922. The number of benzene rings is 1. The maximum atomic E-state index is 12.3. The van der Waals surface area contributed by atoms with Gasteiger partial charge in [0.05, 0.1) is 0 Å². The van der Waals surface area contributed by atoms with Crippen molar-refractivity contribution >= 4 is 29.5 Å². The van der Waals surface area contributed by atoms with Crippen LogP contribution in [-0.2, 0) is 19.1 Å². The summed E-state index contributed by atoms with van der Waals surface area (Å²) in [5, 5.41) is 2.59. The number of rotatable bonds is 7. The second-order valence-corrected chi connectivity index (χ2v) is 7.98. The fourth-order valence-corrected chi connectivity index (χ4v) is 3.56. The third-order valence-electron chi connectivity index (χ3n) is 5.32. The van der Waals surface area contributed by atoms with Crippen molar-refractivity contribution in [2.75, 3.05) is 44.2 Å². The molecule has 2 fully saturated rings. The van der Waals surface area contributed by atoms with E-state index in [0.717, 1.165) is 23.7 Å². The van der Waals surface area contributed by atoms with E-state index in [2.05, 4.69) is 10.2 Å². The van der Waals surface area contributed by atoms with Crippen molar-refractivity contribution in [3.05, 3.63) is 30.3 Å². The molecule has 0 saturated carbocycles. The first-order valence-electron chi connectivity index (χ1n) is 10.2. The summed E-state index contributed by atoms with van der Waals surface area (Å²) in [5.74, 6) is -1.05. The van der Waals surface area contributed by atoms with Crippen LogP contribution in [0.4, 0.5) is 10.5 Å². The van der Waals surface area contributed by atoms with Gasteiger partial charge >= 0.3 is 12.0 Å². The van der Waals surface area contributed by atoms with Crippen molar-refractivity contribution in [1.82, 2.24) is 15.1 Å². The van der Waals surface area contributed by atoms with Gasteiger partial charge in [-0.1, -0.05) is 18.2 Å². The number of hydrogen-bond donors (Lipinski definition) is 1. The standard InChI is InChI=1S/C21H28N4O5/c1-21(2)19(28)25(20(29)22-21)10-6-9-18(27)30-15-17(26)24-13-11-23(12-14-24)16-7-4-3-5-8-16/h3-5,7-8H,6,9-15H2,1-2H3,(H,22,29). The van der Waals surface area contributed by atoms with Crippen LogP contribution in [0.1, 0.15) is 26.7 Å². The zero-order valence-corrected chi connectivity index (χ0v) is 17.4. The number of anilines is 1. The van der Waals surface area contributed by atoms with Gasteiger partial charge in [-0.2, -0.15) is 0 Å². The average molecular weight is 416 g/mol. The molecule has 0 bridgehead atoms. The summed E-state index contributed by atoms with van der Waals surface area (Å²) in [7, 11) is 0. The van der Waals surface area contributed by atoms with Crippen molar-refractivity contribution in [2.24, 2.45) is 0 Å². The molecule has 0 aliphatic carbocycles. The lowest BCUT2D eigenvalue weighted by Crippen LogP contribution is -2.49. The van der Waals surface area contributed by atoms with E-state index in [1.54, 1.807) is 18.7 Å². The van der Waals surface area contributed by atoms with E-state index in [1.807, 2.05) is 30.3 Å². The number of imide groups is 1. The van der Waals surface area contributed by atoms with E-state index in [-0.39, 0.29) is 37.8 Å². The number of amides is 4. The van der Waals surface area contributed by atoms with Gasteiger partial charge in [0.2, 0.25) is 0 Å². The molecule has 0 aromatic heterocycles. The minimum Gasteiger partial charge on any atom is -0.456 e. The third kappa shape index (κ3) is 5.08. The molecule has 1 aromatic carbocycles. The van der Waals surface area contributed by atoms with Crippen LogP contribution >= 0.6 is 0 Å². The maximum absolute atomic E-state index is 12.3. The summed E-state index contributed by atoms with van der Waals surface area (Å²) in [4.78, 5) is 53.1. The van der Waals surface area contributed by atoms with E-state index in [0.29, 0.717) is 13.1 Å². The first kappa shape index (κ1) is 21.6. The van der Waals surface area contributed by atoms with Crippen molar-refractivity contribution in [3.8, 4) is 0 Å². The van der Waals surface area contributed by atoms with Crippen LogP contribution in [0.2, 0.25) is 0 Å². The number of ether oxygens (including phenoxy) is 1. The van der Waals surface area contributed by atoms with Gasteiger partial charge in [0, 0.05) is 44.8 Å². The Kier molecular flexibility index (Phi) is 6.59. The number of hydrogen-bond acceptors (Lipinski definition) is 6. The molecule has 162 valence electrons. The average Bonchev–Trinajstić information content (AvgIpc) is 2.94. The number of carbonyl (C=O) groups is 4. The summed E-state index contributed by atoms with van der Waals surface area (Å²) in [6.07, 6.45) is 0.324. The minimum absolute atomic E-state index is 0.0343.